The Morgan fingerprint density at radius 3 is 2.45 bits per heavy atom. The number of carbonyl (C=O) groups excluding carboxylic acids is 1. The van der Waals surface area contributed by atoms with Crippen molar-refractivity contribution in [3.63, 3.8) is 0 Å². The molecule has 0 aromatic rings. The van der Waals surface area contributed by atoms with Crippen LogP contribution in [0.15, 0.2) is 0 Å². The highest BCUT2D eigenvalue weighted by Crippen LogP contribution is 2.19. The lowest BCUT2D eigenvalue weighted by molar-refractivity contribution is -0.146. The first-order valence-electron chi connectivity index (χ1n) is 3.64. The van der Waals surface area contributed by atoms with Gasteiger partial charge in [-0.05, 0) is 19.8 Å². The van der Waals surface area contributed by atoms with Crippen molar-refractivity contribution in [3.05, 3.63) is 0 Å². The molecule has 4 heteroatoms. The summed E-state index contributed by atoms with van der Waals surface area (Å²) < 4.78 is 0. The monoisotopic (exact) mass is 157 g/mol. The predicted octanol–water partition coefficient (Wildman–Crippen LogP) is -0.0143. The molecule has 0 spiro atoms. The van der Waals surface area contributed by atoms with Crippen LogP contribution in [0.5, 0.6) is 0 Å². The highest BCUT2D eigenvalue weighted by atomic mass is 16.4. The number of aliphatic carboxylic acids is 1. The molecular formula is C7H11NO3. The molecule has 1 aliphatic carbocycles. The van der Waals surface area contributed by atoms with E-state index in [1.807, 2.05) is 0 Å². The molecule has 4 nitrogen and oxygen atoms in total. The Balaban J connectivity index is 2.32. The molecule has 0 aromatic heterocycles. The number of carboxylic acids is 1. The van der Waals surface area contributed by atoms with Gasteiger partial charge in [0.05, 0.1) is 0 Å². The van der Waals surface area contributed by atoms with Gasteiger partial charge in [-0.15, -0.1) is 0 Å². The third-order valence-corrected chi connectivity index (χ3v) is 1.69. The summed E-state index contributed by atoms with van der Waals surface area (Å²) in [4.78, 5) is 21.2. The first kappa shape index (κ1) is 8.04. The number of hydrogen-bond donors (Lipinski definition) is 2. The summed E-state index contributed by atoms with van der Waals surface area (Å²) in [6, 6.07) is 0.240. The second-order valence-electron chi connectivity index (χ2n) is 2.84. The SMILES string of the molecule is CC(C(=O)O)C(=O)NC1CC1. The topological polar surface area (TPSA) is 66.4 Å². The summed E-state index contributed by atoms with van der Waals surface area (Å²) in [5, 5.41) is 11.0. The van der Waals surface area contributed by atoms with Gasteiger partial charge in [-0.2, -0.15) is 0 Å². The number of rotatable bonds is 3. The minimum atomic E-state index is -1.07. The summed E-state index contributed by atoms with van der Waals surface area (Å²) in [7, 11) is 0. The van der Waals surface area contributed by atoms with Gasteiger partial charge >= 0.3 is 5.97 Å². The van der Waals surface area contributed by atoms with Gasteiger partial charge in [-0.1, -0.05) is 0 Å². The lowest BCUT2D eigenvalue weighted by atomic mass is 10.2. The third kappa shape index (κ3) is 2.22. The van der Waals surface area contributed by atoms with E-state index in [1.54, 1.807) is 0 Å². The Hall–Kier alpha value is -1.06. The number of nitrogens with one attached hydrogen (secondary N) is 1. The average molecular weight is 157 g/mol. The van der Waals surface area contributed by atoms with Crippen LogP contribution in [0.4, 0.5) is 0 Å². The van der Waals surface area contributed by atoms with Gasteiger partial charge in [-0.3, -0.25) is 9.59 Å². The quantitative estimate of drug-likeness (QED) is 0.566. The van der Waals surface area contributed by atoms with Crippen molar-refractivity contribution in [2.45, 2.75) is 25.8 Å². The van der Waals surface area contributed by atoms with Crippen molar-refractivity contribution in [2.24, 2.45) is 5.92 Å². The number of amides is 1. The summed E-state index contributed by atoms with van der Waals surface area (Å²) in [5.74, 6) is -2.36. The molecule has 2 N–H and O–H groups in total. The Labute approximate surface area is 64.6 Å². The standard InChI is InChI=1S/C7H11NO3/c1-4(7(10)11)6(9)8-5-2-3-5/h4-5H,2-3H2,1H3,(H,8,9)(H,10,11). The maximum atomic E-state index is 10.9. The second kappa shape index (κ2) is 2.90. The molecule has 1 fully saturated rings. The fourth-order valence-corrected chi connectivity index (χ4v) is 0.666. The molecule has 0 heterocycles. The maximum absolute atomic E-state index is 10.9. The highest BCUT2D eigenvalue weighted by Gasteiger charge is 2.28. The zero-order chi connectivity index (χ0) is 8.43. The van der Waals surface area contributed by atoms with E-state index in [0.717, 1.165) is 12.8 Å². The normalized spacial score (nSPS) is 19.0. The van der Waals surface area contributed by atoms with Gasteiger partial charge < -0.3 is 10.4 Å². The van der Waals surface area contributed by atoms with Crippen LogP contribution in [0.1, 0.15) is 19.8 Å². The van der Waals surface area contributed by atoms with Gasteiger partial charge in [0, 0.05) is 6.04 Å². The van der Waals surface area contributed by atoms with E-state index in [0.29, 0.717) is 0 Å². The zero-order valence-corrected chi connectivity index (χ0v) is 6.33. The van der Waals surface area contributed by atoms with Crippen LogP contribution >= 0.6 is 0 Å². The molecule has 0 aromatic carbocycles. The smallest absolute Gasteiger partial charge is 0.315 e. The minimum Gasteiger partial charge on any atom is -0.481 e. The first-order valence-corrected chi connectivity index (χ1v) is 3.64. The van der Waals surface area contributed by atoms with Crippen LogP contribution < -0.4 is 5.32 Å². The van der Waals surface area contributed by atoms with Gasteiger partial charge in [-0.25, -0.2) is 0 Å². The molecule has 0 bridgehead atoms. The van der Waals surface area contributed by atoms with E-state index in [9.17, 15) is 9.59 Å². The highest BCUT2D eigenvalue weighted by molar-refractivity contribution is 5.96. The predicted molar refractivity (Wildman–Crippen MR) is 38.0 cm³/mol. The van der Waals surface area contributed by atoms with Crippen LogP contribution in [-0.2, 0) is 9.59 Å². The summed E-state index contributed by atoms with van der Waals surface area (Å²) in [5.41, 5.74) is 0. The van der Waals surface area contributed by atoms with Crippen molar-refractivity contribution in [1.29, 1.82) is 0 Å². The van der Waals surface area contributed by atoms with E-state index in [-0.39, 0.29) is 11.9 Å². The molecule has 1 rings (SSSR count). The summed E-state index contributed by atoms with van der Waals surface area (Å²) in [6.45, 7) is 1.39. The van der Waals surface area contributed by atoms with Crippen molar-refractivity contribution < 1.29 is 14.7 Å². The van der Waals surface area contributed by atoms with E-state index in [1.165, 1.54) is 6.92 Å². The van der Waals surface area contributed by atoms with E-state index in [4.69, 9.17) is 5.11 Å². The van der Waals surface area contributed by atoms with Crippen molar-refractivity contribution in [1.82, 2.24) is 5.32 Å². The molecule has 1 unspecified atom stereocenters. The lowest BCUT2D eigenvalue weighted by Crippen LogP contribution is -2.34. The second-order valence-corrected chi connectivity index (χ2v) is 2.84. The van der Waals surface area contributed by atoms with Crippen molar-refractivity contribution in [2.75, 3.05) is 0 Å². The Kier molecular flexibility index (Phi) is 2.12. The van der Waals surface area contributed by atoms with Gasteiger partial charge in [0.1, 0.15) is 5.92 Å². The fraction of sp³-hybridized carbons (Fsp3) is 0.714. The lowest BCUT2D eigenvalue weighted by Gasteiger charge is -2.05. The molecule has 1 saturated carbocycles. The van der Waals surface area contributed by atoms with Crippen LogP contribution in [0.25, 0.3) is 0 Å². The van der Waals surface area contributed by atoms with Gasteiger partial charge in [0.25, 0.3) is 0 Å². The van der Waals surface area contributed by atoms with Crippen LogP contribution in [0, 0.1) is 5.92 Å². The molecule has 0 aliphatic heterocycles. The average Bonchev–Trinajstić information content (AvgIpc) is 2.69. The largest absolute Gasteiger partial charge is 0.481 e. The van der Waals surface area contributed by atoms with E-state index >= 15 is 0 Å². The van der Waals surface area contributed by atoms with Crippen LogP contribution in [0.3, 0.4) is 0 Å². The first-order chi connectivity index (χ1) is 5.11. The molecule has 1 aliphatic rings. The molecule has 62 valence electrons. The molecule has 11 heavy (non-hydrogen) atoms. The molecule has 1 atom stereocenters. The van der Waals surface area contributed by atoms with Crippen molar-refractivity contribution in [3.8, 4) is 0 Å². The number of carbonyl (C=O) groups is 2. The van der Waals surface area contributed by atoms with E-state index in [2.05, 4.69) is 5.32 Å². The Morgan fingerprint density at radius 1 is 1.55 bits per heavy atom. The molecular weight excluding hydrogens is 146 g/mol. The number of hydrogen-bond acceptors (Lipinski definition) is 2. The summed E-state index contributed by atoms with van der Waals surface area (Å²) in [6.07, 6.45) is 1.97. The van der Waals surface area contributed by atoms with E-state index < -0.39 is 11.9 Å². The Bertz CT molecular complexity index is 186. The molecule has 0 radical (unpaired) electrons. The van der Waals surface area contributed by atoms with Crippen LogP contribution in [-0.4, -0.2) is 23.0 Å². The zero-order valence-electron chi connectivity index (χ0n) is 6.33. The van der Waals surface area contributed by atoms with Gasteiger partial charge in [0.2, 0.25) is 5.91 Å². The molecule has 1 amide bonds. The van der Waals surface area contributed by atoms with Crippen LogP contribution in [0.2, 0.25) is 0 Å². The Morgan fingerprint density at radius 2 is 2.09 bits per heavy atom. The fourth-order valence-electron chi connectivity index (χ4n) is 0.666. The van der Waals surface area contributed by atoms with Gasteiger partial charge in [0.15, 0.2) is 0 Å². The minimum absolute atomic E-state index is 0.240. The molecule has 0 saturated heterocycles. The maximum Gasteiger partial charge on any atom is 0.315 e. The summed E-state index contributed by atoms with van der Waals surface area (Å²) >= 11 is 0. The third-order valence-electron chi connectivity index (χ3n) is 1.69. The van der Waals surface area contributed by atoms with Crippen molar-refractivity contribution >= 4 is 11.9 Å². The number of carboxylic acid groups (broad SMARTS) is 1.